The van der Waals surface area contributed by atoms with E-state index >= 15 is 0 Å². The maximum absolute atomic E-state index is 12.6. The summed E-state index contributed by atoms with van der Waals surface area (Å²) < 4.78 is 13.0. The third-order valence-electron chi connectivity index (χ3n) is 5.87. The van der Waals surface area contributed by atoms with Crippen LogP contribution in [0.4, 0.5) is 0 Å². The maximum atomic E-state index is 12.6. The van der Waals surface area contributed by atoms with Gasteiger partial charge in [0.25, 0.3) is 0 Å². The van der Waals surface area contributed by atoms with Gasteiger partial charge in [0.2, 0.25) is 5.91 Å². The molecule has 1 aromatic heterocycles. The summed E-state index contributed by atoms with van der Waals surface area (Å²) in [5.41, 5.74) is 3.40. The summed E-state index contributed by atoms with van der Waals surface area (Å²) in [5.74, 6) is -0.156. The molecule has 1 fully saturated rings. The lowest BCUT2D eigenvalue weighted by Crippen LogP contribution is -2.47. The Morgan fingerprint density at radius 2 is 2.03 bits per heavy atom. The molecule has 0 radical (unpaired) electrons. The van der Waals surface area contributed by atoms with Crippen LogP contribution < -0.4 is 5.32 Å². The van der Waals surface area contributed by atoms with Gasteiger partial charge in [0.05, 0.1) is 41.7 Å². The van der Waals surface area contributed by atoms with Gasteiger partial charge in [-0.25, -0.2) is 9.78 Å². The van der Waals surface area contributed by atoms with E-state index in [0.717, 1.165) is 35.8 Å². The van der Waals surface area contributed by atoms with Crippen LogP contribution in [0.5, 0.6) is 0 Å². The molecule has 1 aliphatic rings. The van der Waals surface area contributed by atoms with Gasteiger partial charge in [0.15, 0.2) is 5.16 Å². The fourth-order valence-electron chi connectivity index (χ4n) is 4.16. The van der Waals surface area contributed by atoms with Crippen LogP contribution in [-0.2, 0) is 27.4 Å². The lowest BCUT2D eigenvalue weighted by Gasteiger charge is -2.33. The van der Waals surface area contributed by atoms with Crippen molar-refractivity contribution >= 4 is 34.7 Å². The van der Waals surface area contributed by atoms with Gasteiger partial charge in [0.1, 0.15) is 0 Å². The number of morpholine rings is 1. The highest BCUT2D eigenvalue weighted by molar-refractivity contribution is 7.99. The standard InChI is InChI=1S/C26H32N4O4S/c1-3-30-23-11-10-20(25(32)33-4-2)14-22(23)28-26(30)35-18-24(31)27-15-21-17-29(12-13-34-21)16-19-8-6-5-7-9-19/h5-11,14,21H,3-4,12-13,15-18H2,1-2H3,(H,27,31)/t21-/m1/s1. The molecule has 186 valence electrons. The van der Waals surface area contributed by atoms with Gasteiger partial charge < -0.3 is 19.4 Å². The van der Waals surface area contributed by atoms with Gasteiger partial charge in [-0.1, -0.05) is 42.1 Å². The molecule has 1 amide bonds. The SMILES string of the molecule is CCOC(=O)c1ccc2c(c1)nc(SCC(=O)NC[C@@H]1CN(Cc3ccccc3)CCO1)n2CC. The summed E-state index contributed by atoms with van der Waals surface area (Å²) in [6.45, 7) is 8.57. The van der Waals surface area contributed by atoms with E-state index in [0.29, 0.717) is 31.9 Å². The number of imidazole rings is 1. The molecule has 0 aliphatic carbocycles. The van der Waals surface area contributed by atoms with Crippen molar-refractivity contribution in [2.75, 3.05) is 38.6 Å². The van der Waals surface area contributed by atoms with Crippen molar-refractivity contribution in [3.63, 3.8) is 0 Å². The number of hydrogen-bond donors (Lipinski definition) is 1. The van der Waals surface area contributed by atoms with E-state index in [1.165, 1.54) is 17.3 Å². The molecule has 9 heteroatoms. The molecule has 0 spiro atoms. The Morgan fingerprint density at radius 1 is 1.20 bits per heavy atom. The second kappa shape index (κ2) is 12.2. The Morgan fingerprint density at radius 3 is 2.80 bits per heavy atom. The third-order valence-corrected chi connectivity index (χ3v) is 6.85. The quantitative estimate of drug-likeness (QED) is 0.340. The van der Waals surface area contributed by atoms with E-state index in [9.17, 15) is 9.59 Å². The number of rotatable bonds is 10. The molecule has 2 heterocycles. The van der Waals surface area contributed by atoms with Crippen molar-refractivity contribution < 1.29 is 19.1 Å². The molecule has 0 unspecified atom stereocenters. The molecule has 1 aliphatic heterocycles. The molecule has 35 heavy (non-hydrogen) atoms. The summed E-state index contributed by atoms with van der Waals surface area (Å²) in [5, 5.41) is 3.76. The largest absolute Gasteiger partial charge is 0.462 e. The van der Waals surface area contributed by atoms with Crippen LogP contribution in [0.3, 0.4) is 0 Å². The highest BCUT2D eigenvalue weighted by Gasteiger charge is 2.21. The maximum Gasteiger partial charge on any atom is 0.338 e. The number of carbonyl (C=O) groups is 2. The van der Waals surface area contributed by atoms with Gasteiger partial charge >= 0.3 is 5.97 Å². The Balaban J connectivity index is 1.29. The number of thioether (sulfide) groups is 1. The number of nitrogens with zero attached hydrogens (tertiary/aromatic N) is 3. The summed E-state index contributed by atoms with van der Waals surface area (Å²) in [4.78, 5) is 31.6. The number of amides is 1. The molecule has 1 saturated heterocycles. The number of ether oxygens (including phenoxy) is 2. The topological polar surface area (TPSA) is 85.7 Å². The zero-order valence-electron chi connectivity index (χ0n) is 20.2. The van der Waals surface area contributed by atoms with E-state index in [4.69, 9.17) is 9.47 Å². The number of aryl methyl sites for hydroxylation is 1. The van der Waals surface area contributed by atoms with E-state index in [2.05, 4.69) is 39.5 Å². The summed E-state index contributed by atoms with van der Waals surface area (Å²) in [6, 6.07) is 15.8. The molecular formula is C26H32N4O4S. The summed E-state index contributed by atoms with van der Waals surface area (Å²) in [6.07, 6.45) is -0.0251. The molecule has 1 N–H and O–H groups in total. The molecule has 2 aromatic carbocycles. The van der Waals surface area contributed by atoms with Crippen LogP contribution in [0.25, 0.3) is 11.0 Å². The first kappa shape index (κ1) is 25.2. The summed E-state index contributed by atoms with van der Waals surface area (Å²) in [7, 11) is 0. The van der Waals surface area contributed by atoms with Crippen LogP contribution in [0.1, 0.15) is 29.8 Å². The third kappa shape index (κ3) is 6.62. The average molecular weight is 497 g/mol. The first-order valence-corrected chi connectivity index (χ1v) is 13.0. The van der Waals surface area contributed by atoms with Crippen molar-refractivity contribution in [3.8, 4) is 0 Å². The van der Waals surface area contributed by atoms with E-state index in [1.54, 1.807) is 19.1 Å². The average Bonchev–Trinajstić information content (AvgIpc) is 3.24. The van der Waals surface area contributed by atoms with E-state index in [1.807, 2.05) is 23.6 Å². The van der Waals surface area contributed by atoms with Crippen molar-refractivity contribution in [2.24, 2.45) is 0 Å². The Kier molecular flexibility index (Phi) is 8.79. The van der Waals surface area contributed by atoms with Crippen molar-refractivity contribution in [1.82, 2.24) is 19.8 Å². The van der Waals surface area contributed by atoms with Crippen molar-refractivity contribution in [3.05, 3.63) is 59.7 Å². The van der Waals surface area contributed by atoms with Crippen LogP contribution in [0, 0.1) is 0 Å². The fraction of sp³-hybridized carbons (Fsp3) is 0.423. The first-order chi connectivity index (χ1) is 17.1. The second-order valence-electron chi connectivity index (χ2n) is 8.37. The first-order valence-electron chi connectivity index (χ1n) is 12.0. The summed E-state index contributed by atoms with van der Waals surface area (Å²) >= 11 is 1.39. The molecule has 0 bridgehead atoms. The number of benzene rings is 2. The number of aromatic nitrogens is 2. The minimum absolute atomic E-state index is 0.0251. The molecule has 8 nitrogen and oxygen atoms in total. The fourth-order valence-corrected chi connectivity index (χ4v) is 5.07. The monoisotopic (exact) mass is 496 g/mol. The minimum atomic E-state index is -0.360. The number of nitrogens with one attached hydrogen (secondary N) is 1. The molecular weight excluding hydrogens is 464 g/mol. The zero-order chi connectivity index (χ0) is 24.6. The molecule has 0 saturated carbocycles. The Hall–Kier alpha value is -2.88. The predicted molar refractivity (Wildman–Crippen MR) is 137 cm³/mol. The Labute approximate surface area is 210 Å². The number of esters is 1. The van der Waals surface area contributed by atoms with Gasteiger partial charge in [0, 0.05) is 32.7 Å². The van der Waals surface area contributed by atoms with Crippen molar-refractivity contribution in [2.45, 2.75) is 38.2 Å². The van der Waals surface area contributed by atoms with Crippen LogP contribution in [0.15, 0.2) is 53.7 Å². The predicted octanol–water partition coefficient (Wildman–Crippen LogP) is 3.34. The van der Waals surface area contributed by atoms with Gasteiger partial charge in [-0.15, -0.1) is 0 Å². The van der Waals surface area contributed by atoms with Gasteiger partial charge in [-0.05, 0) is 37.6 Å². The number of fused-ring (bicyclic) bond motifs is 1. The van der Waals surface area contributed by atoms with Crippen LogP contribution in [0.2, 0.25) is 0 Å². The lowest BCUT2D eigenvalue weighted by molar-refractivity contribution is -0.119. The normalized spacial score (nSPS) is 16.3. The second-order valence-corrected chi connectivity index (χ2v) is 9.31. The smallest absolute Gasteiger partial charge is 0.338 e. The molecule has 4 rings (SSSR count). The zero-order valence-corrected chi connectivity index (χ0v) is 21.1. The van der Waals surface area contributed by atoms with Gasteiger partial charge in [-0.3, -0.25) is 9.69 Å². The molecule has 1 atom stereocenters. The lowest BCUT2D eigenvalue weighted by atomic mass is 10.2. The molecule has 3 aromatic rings. The minimum Gasteiger partial charge on any atom is -0.462 e. The van der Waals surface area contributed by atoms with E-state index < -0.39 is 0 Å². The van der Waals surface area contributed by atoms with Crippen LogP contribution in [-0.4, -0.2) is 71.0 Å². The van der Waals surface area contributed by atoms with Crippen molar-refractivity contribution in [1.29, 1.82) is 0 Å². The number of carbonyl (C=O) groups excluding carboxylic acids is 2. The van der Waals surface area contributed by atoms with Gasteiger partial charge in [-0.2, -0.15) is 0 Å². The van der Waals surface area contributed by atoms with E-state index in [-0.39, 0.29) is 23.7 Å². The number of hydrogen-bond acceptors (Lipinski definition) is 7. The Bertz CT molecular complexity index is 1150. The highest BCUT2D eigenvalue weighted by Crippen LogP contribution is 2.25. The highest BCUT2D eigenvalue weighted by atomic mass is 32.2. The van der Waals surface area contributed by atoms with Crippen LogP contribution >= 0.6 is 11.8 Å².